The minimum atomic E-state index is -0.610. The Morgan fingerprint density at radius 1 is 1.06 bits per heavy atom. The molecule has 0 aliphatic carbocycles. The number of rotatable bonds is 2. The average Bonchev–Trinajstić information content (AvgIpc) is 2.78. The van der Waals surface area contributed by atoms with E-state index in [1.807, 2.05) is 54.3 Å². The van der Waals surface area contributed by atoms with Gasteiger partial charge in [-0.05, 0) is 23.8 Å². The molecule has 2 aromatic carbocycles. The minimum Gasteiger partial charge on any atom is -0.342 e. The van der Waals surface area contributed by atoms with E-state index in [4.69, 9.17) is 5.73 Å². The third-order valence-electron chi connectivity index (χ3n) is 5.73. The molecule has 4 rings (SSSR count). The maximum Gasteiger partial charge on any atom is 0.254 e. The number of hydrogen-bond donors (Lipinski definition) is 2. The lowest BCUT2D eigenvalue weighted by Gasteiger charge is -2.41. The summed E-state index contributed by atoms with van der Waals surface area (Å²) in [7, 11) is 3.07. The number of carbonyl (C=O) groups is 3. The van der Waals surface area contributed by atoms with Crippen molar-refractivity contribution in [2.75, 3.05) is 31.1 Å². The topological polar surface area (TPSA) is 95.7 Å². The van der Waals surface area contributed by atoms with Crippen molar-refractivity contribution in [3.8, 4) is 0 Å². The van der Waals surface area contributed by atoms with E-state index in [0.29, 0.717) is 36.7 Å². The summed E-state index contributed by atoms with van der Waals surface area (Å²) < 4.78 is 0. The highest BCUT2D eigenvalue weighted by atomic mass is 33.1. The fourth-order valence-electron chi connectivity index (χ4n) is 4.02. The van der Waals surface area contributed by atoms with Crippen molar-refractivity contribution in [2.45, 2.75) is 25.0 Å². The number of nitrogens with one attached hydrogen (secondary N) is 1. The minimum absolute atomic E-state index is 0.0204. The van der Waals surface area contributed by atoms with Gasteiger partial charge in [0, 0.05) is 42.7 Å². The first-order valence-electron chi connectivity index (χ1n) is 10.3. The van der Waals surface area contributed by atoms with Gasteiger partial charge in [-0.3, -0.25) is 14.4 Å². The normalized spacial score (nSPS) is 25.0. The Hall–Kier alpha value is -2.23. The summed E-state index contributed by atoms with van der Waals surface area (Å²) in [6.07, 6.45) is 0. The molecule has 0 spiro atoms. The standard InChI is InChI=1S/C22H26N4O3S2/c1-14-11-25(21(28)17-8-4-6-15-5-2-3-7-16(15)17)9-10-26(14)22(29)19-13-31-30-12-18(23)20(27)24-19/h2-8,14,18-19H,9-13,23H2,1H3,(H,24,27). The Labute approximate surface area is 189 Å². The van der Waals surface area contributed by atoms with Gasteiger partial charge < -0.3 is 20.9 Å². The number of piperazine rings is 1. The molecule has 2 aliphatic heterocycles. The van der Waals surface area contributed by atoms with E-state index < -0.39 is 12.1 Å². The van der Waals surface area contributed by atoms with Crippen molar-refractivity contribution in [3.63, 3.8) is 0 Å². The molecule has 0 aromatic heterocycles. The van der Waals surface area contributed by atoms with Crippen LogP contribution >= 0.6 is 21.6 Å². The largest absolute Gasteiger partial charge is 0.342 e. The Kier molecular flexibility index (Phi) is 6.74. The lowest BCUT2D eigenvalue weighted by molar-refractivity contribution is -0.139. The van der Waals surface area contributed by atoms with Crippen molar-refractivity contribution < 1.29 is 14.4 Å². The monoisotopic (exact) mass is 458 g/mol. The molecule has 2 fully saturated rings. The highest BCUT2D eigenvalue weighted by Gasteiger charge is 2.35. The van der Waals surface area contributed by atoms with Crippen molar-refractivity contribution in [1.29, 1.82) is 0 Å². The van der Waals surface area contributed by atoms with E-state index in [9.17, 15) is 14.4 Å². The molecule has 3 unspecified atom stereocenters. The summed E-state index contributed by atoms with van der Waals surface area (Å²) in [5, 5.41) is 4.76. The smallest absolute Gasteiger partial charge is 0.254 e. The quantitative estimate of drug-likeness (QED) is 0.666. The van der Waals surface area contributed by atoms with E-state index in [0.717, 1.165) is 10.8 Å². The third-order valence-corrected chi connectivity index (χ3v) is 8.18. The van der Waals surface area contributed by atoms with Crippen molar-refractivity contribution in [2.24, 2.45) is 5.73 Å². The molecule has 0 saturated carbocycles. The van der Waals surface area contributed by atoms with Crippen LogP contribution < -0.4 is 11.1 Å². The molecule has 0 radical (unpaired) electrons. The number of hydrogen-bond acceptors (Lipinski definition) is 6. The summed E-state index contributed by atoms with van der Waals surface area (Å²) in [5.74, 6) is 0.615. The van der Waals surface area contributed by atoms with E-state index in [1.54, 1.807) is 15.7 Å². The van der Waals surface area contributed by atoms with Gasteiger partial charge in [0.15, 0.2) is 0 Å². The SMILES string of the molecule is CC1CN(C(=O)c2cccc3ccccc23)CCN1C(=O)C1CSSCC(N)C(=O)N1. The summed E-state index contributed by atoms with van der Waals surface area (Å²) in [5.41, 5.74) is 6.53. The molecule has 2 aliphatic rings. The van der Waals surface area contributed by atoms with Crippen LogP contribution in [-0.2, 0) is 9.59 Å². The maximum atomic E-state index is 13.2. The number of amides is 3. The van der Waals surface area contributed by atoms with Crippen LogP contribution in [0.4, 0.5) is 0 Å². The highest BCUT2D eigenvalue weighted by molar-refractivity contribution is 8.76. The van der Waals surface area contributed by atoms with Crippen LogP contribution in [-0.4, -0.2) is 76.8 Å². The summed E-state index contributed by atoms with van der Waals surface area (Å²) >= 11 is 0. The first-order chi connectivity index (χ1) is 15.0. The van der Waals surface area contributed by atoms with Crippen LogP contribution in [0.3, 0.4) is 0 Å². The zero-order valence-corrected chi connectivity index (χ0v) is 19.0. The number of carbonyl (C=O) groups excluding carboxylic acids is 3. The number of fused-ring (bicyclic) bond motifs is 1. The van der Waals surface area contributed by atoms with Gasteiger partial charge in [0.2, 0.25) is 11.8 Å². The average molecular weight is 459 g/mol. The van der Waals surface area contributed by atoms with Crippen LogP contribution in [0.5, 0.6) is 0 Å². The van der Waals surface area contributed by atoms with Gasteiger partial charge in [0.25, 0.3) is 5.91 Å². The molecular formula is C22H26N4O3S2. The molecule has 2 saturated heterocycles. The summed E-state index contributed by atoms with van der Waals surface area (Å²) in [6.45, 7) is 3.29. The fraction of sp³-hybridized carbons (Fsp3) is 0.409. The third kappa shape index (κ3) is 4.68. The van der Waals surface area contributed by atoms with Gasteiger partial charge in [0.1, 0.15) is 6.04 Å². The fourth-order valence-corrected chi connectivity index (χ4v) is 6.30. The Morgan fingerprint density at radius 2 is 1.81 bits per heavy atom. The second-order valence-electron chi connectivity index (χ2n) is 7.90. The Balaban J connectivity index is 1.45. The zero-order chi connectivity index (χ0) is 22.0. The molecule has 9 heteroatoms. The number of benzene rings is 2. The van der Waals surface area contributed by atoms with Gasteiger partial charge in [-0.25, -0.2) is 0 Å². The Bertz CT molecular complexity index is 996. The van der Waals surface area contributed by atoms with Crippen LogP contribution in [0.25, 0.3) is 10.8 Å². The predicted molar refractivity (Wildman–Crippen MR) is 126 cm³/mol. The molecule has 164 valence electrons. The molecular weight excluding hydrogens is 432 g/mol. The molecule has 3 N–H and O–H groups in total. The van der Waals surface area contributed by atoms with Gasteiger partial charge in [0.05, 0.1) is 6.04 Å². The lowest BCUT2D eigenvalue weighted by Crippen LogP contribution is -2.61. The maximum absolute atomic E-state index is 13.2. The second kappa shape index (κ2) is 9.50. The van der Waals surface area contributed by atoms with Gasteiger partial charge in [-0.2, -0.15) is 0 Å². The number of nitrogens with zero attached hydrogens (tertiary/aromatic N) is 2. The predicted octanol–water partition coefficient (Wildman–Crippen LogP) is 1.72. The van der Waals surface area contributed by atoms with Gasteiger partial charge in [-0.1, -0.05) is 58.0 Å². The Morgan fingerprint density at radius 3 is 2.61 bits per heavy atom. The second-order valence-corrected chi connectivity index (χ2v) is 10.4. The molecule has 31 heavy (non-hydrogen) atoms. The van der Waals surface area contributed by atoms with E-state index in [1.165, 1.54) is 10.8 Å². The molecule has 3 amide bonds. The van der Waals surface area contributed by atoms with Crippen molar-refractivity contribution in [3.05, 3.63) is 48.0 Å². The first-order valence-corrected chi connectivity index (χ1v) is 12.8. The summed E-state index contributed by atoms with van der Waals surface area (Å²) in [6, 6.07) is 12.3. The zero-order valence-electron chi connectivity index (χ0n) is 17.3. The van der Waals surface area contributed by atoms with E-state index in [-0.39, 0.29) is 23.8 Å². The molecule has 7 nitrogen and oxygen atoms in total. The van der Waals surface area contributed by atoms with Crippen LogP contribution in [0.15, 0.2) is 42.5 Å². The van der Waals surface area contributed by atoms with E-state index in [2.05, 4.69) is 5.32 Å². The molecule has 2 aromatic rings. The first kappa shape index (κ1) is 22.0. The van der Waals surface area contributed by atoms with Crippen LogP contribution in [0.2, 0.25) is 0 Å². The van der Waals surface area contributed by atoms with Gasteiger partial charge in [-0.15, -0.1) is 0 Å². The number of nitrogens with two attached hydrogens (primary N) is 1. The van der Waals surface area contributed by atoms with Gasteiger partial charge >= 0.3 is 0 Å². The van der Waals surface area contributed by atoms with Crippen LogP contribution in [0.1, 0.15) is 17.3 Å². The van der Waals surface area contributed by atoms with Crippen LogP contribution in [0, 0.1) is 0 Å². The van der Waals surface area contributed by atoms with E-state index >= 15 is 0 Å². The molecule has 3 atom stereocenters. The molecule has 2 heterocycles. The summed E-state index contributed by atoms with van der Waals surface area (Å²) in [4.78, 5) is 42.1. The molecule has 0 bridgehead atoms. The van der Waals surface area contributed by atoms with Crippen molar-refractivity contribution in [1.82, 2.24) is 15.1 Å². The van der Waals surface area contributed by atoms with Crippen molar-refractivity contribution >= 4 is 50.1 Å². The highest BCUT2D eigenvalue weighted by Crippen LogP contribution is 2.26. The lowest BCUT2D eigenvalue weighted by atomic mass is 10.0.